The quantitative estimate of drug-likeness (QED) is 0.426. The molecule has 0 unspecified atom stereocenters. The van der Waals surface area contributed by atoms with Gasteiger partial charge in [-0.2, -0.15) is 0 Å². The van der Waals surface area contributed by atoms with Gasteiger partial charge < -0.3 is 9.47 Å². The van der Waals surface area contributed by atoms with Crippen LogP contribution in [0.2, 0.25) is 0 Å². The SMILES string of the molecule is CCCCC[C@H](C(=O)N1C(=O)O[C@@H](c2ccccc2)[C@H]1C)[C@H](C)C(=O)OC(C)(C)C. The Morgan fingerprint density at radius 2 is 1.80 bits per heavy atom. The lowest BCUT2D eigenvalue weighted by Crippen LogP contribution is -2.45. The van der Waals surface area contributed by atoms with E-state index in [1.165, 1.54) is 4.90 Å². The van der Waals surface area contributed by atoms with Crippen molar-refractivity contribution in [3.63, 3.8) is 0 Å². The van der Waals surface area contributed by atoms with Crippen LogP contribution in [0.1, 0.15) is 78.9 Å². The summed E-state index contributed by atoms with van der Waals surface area (Å²) in [7, 11) is 0. The van der Waals surface area contributed by atoms with E-state index in [1.807, 2.05) is 37.3 Å². The van der Waals surface area contributed by atoms with Crippen LogP contribution in [-0.4, -0.2) is 34.5 Å². The van der Waals surface area contributed by atoms with Crippen molar-refractivity contribution in [2.24, 2.45) is 11.8 Å². The summed E-state index contributed by atoms with van der Waals surface area (Å²) >= 11 is 0. The Balaban J connectivity index is 2.23. The summed E-state index contributed by atoms with van der Waals surface area (Å²) in [4.78, 5) is 40.0. The first-order chi connectivity index (χ1) is 14.1. The molecule has 1 aromatic carbocycles. The molecule has 0 aliphatic carbocycles. The Morgan fingerprint density at radius 3 is 2.37 bits per heavy atom. The molecule has 1 aromatic rings. The number of carbonyl (C=O) groups is 3. The van der Waals surface area contributed by atoms with E-state index in [9.17, 15) is 14.4 Å². The van der Waals surface area contributed by atoms with Crippen LogP contribution in [0.5, 0.6) is 0 Å². The molecule has 166 valence electrons. The van der Waals surface area contributed by atoms with Gasteiger partial charge in [0.1, 0.15) is 11.7 Å². The second-order valence-corrected chi connectivity index (χ2v) is 9.09. The largest absolute Gasteiger partial charge is 0.460 e. The number of ether oxygens (including phenoxy) is 2. The van der Waals surface area contributed by atoms with Gasteiger partial charge in [0, 0.05) is 0 Å². The van der Waals surface area contributed by atoms with E-state index in [1.54, 1.807) is 27.7 Å². The molecule has 4 atom stereocenters. The van der Waals surface area contributed by atoms with Gasteiger partial charge in [0.05, 0.1) is 17.9 Å². The zero-order valence-corrected chi connectivity index (χ0v) is 19.0. The molecule has 0 saturated carbocycles. The van der Waals surface area contributed by atoms with E-state index < -0.39 is 41.6 Å². The zero-order valence-electron chi connectivity index (χ0n) is 19.0. The van der Waals surface area contributed by atoms with Crippen molar-refractivity contribution >= 4 is 18.0 Å². The minimum Gasteiger partial charge on any atom is -0.460 e. The highest BCUT2D eigenvalue weighted by molar-refractivity contribution is 5.96. The maximum atomic E-state index is 13.5. The van der Waals surface area contributed by atoms with Crippen molar-refractivity contribution < 1.29 is 23.9 Å². The number of imide groups is 1. The van der Waals surface area contributed by atoms with Crippen molar-refractivity contribution in [1.82, 2.24) is 4.90 Å². The molecule has 1 saturated heterocycles. The molecule has 0 bridgehead atoms. The highest BCUT2D eigenvalue weighted by atomic mass is 16.6. The fourth-order valence-corrected chi connectivity index (χ4v) is 3.78. The number of esters is 1. The summed E-state index contributed by atoms with van der Waals surface area (Å²) in [6.45, 7) is 11.0. The molecular weight excluding hydrogens is 382 g/mol. The second-order valence-electron chi connectivity index (χ2n) is 9.09. The number of unbranched alkanes of at least 4 members (excludes halogenated alkanes) is 2. The maximum absolute atomic E-state index is 13.5. The summed E-state index contributed by atoms with van der Waals surface area (Å²) in [5.74, 6) is -2.06. The second kappa shape index (κ2) is 10.1. The van der Waals surface area contributed by atoms with Gasteiger partial charge in [-0.15, -0.1) is 0 Å². The molecule has 2 amide bonds. The molecule has 0 N–H and O–H groups in total. The number of hydrogen-bond donors (Lipinski definition) is 0. The first-order valence-electron chi connectivity index (χ1n) is 10.9. The molecule has 0 radical (unpaired) electrons. The van der Waals surface area contributed by atoms with Crippen LogP contribution >= 0.6 is 0 Å². The lowest BCUT2D eigenvalue weighted by Gasteiger charge is -2.29. The van der Waals surface area contributed by atoms with Crippen LogP contribution in [0.4, 0.5) is 4.79 Å². The zero-order chi connectivity index (χ0) is 22.5. The molecule has 30 heavy (non-hydrogen) atoms. The summed E-state index contributed by atoms with van der Waals surface area (Å²) in [5.41, 5.74) is 0.206. The minimum atomic E-state index is -0.654. The Labute approximate surface area is 179 Å². The predicted octanol–water partition coefficient (Wildman–Crippen LogP) is 5.27. The van der Waals surface area contributed by atoms with Gasteiger partial charge in [-0.1, -0.05) is 63.4 Å². The topological polar surface area (TPSA) is 72.9 Å². The van der Waals surface area contributed by atoms with E-state index in [4.69, 9.17) is 9.47 Å². The number of rotatable bonds is 8. The number of benzene rings is 1. The normalized spacial score (nSPS) is 21.1. The standard InChI is InChI=1S/C24H35NO5/c1-7-8-10-15-19(16(2)22(27)30-24(4,5)6)21(26)25-17(3)20(29-23(25)28)18-13-11-9-12-14-18/h9,11-14,16-17,19-20H,7-8,10,15H2,1-6H3/t16-,17+,19-,20+/m0/s1. The summed E-state index contributed by atoms with van der Waals surface area (Å²) < 4.78 is 11.1. The monoisotopic (exact) mass is 417 g/mol. The molecule has 1 aliphatic rings. The number of amides is 2. The number of hydrogen-bond acceptors (Lipinski definition) is 5. The molecule has 1 heterocycles. The van der Waals surface area contributed by atoms with E-state index in [2.05, 4.69) is 6.92 Å². The summed E-state index contributed by atoms with van der Waals surface area (Å²) in [6, 6.07) is 8.94. The molecule has 1 fully saturated rings. The summed E-state index contributed by atoms with van der Waals surface area (Å²) in [5, 5.41) is 0. The van der Waals surface area contributed by atoms with Gasteiger partial charge in [-0.05, 0) is 39.7 Å². The fraction of sp³-hybridized carbons (Fsp3) is 0.625. The van der Waals surface area contributed by atoms with E-state index in [0.29, 0.717) is 6.42 Å². The van der Waals surface area contributed by atoms with Gasteiger partial charge >= 0.3 is 12.1 Å². The van der Waals surface area contributed by atoms with Crippen molar-refractivity contribution in [1.29, 1.82) is 0 Å². The average molecular weight is 418 g/mol. The number of cyclic esters (lactones) is 1. The van der Waals surface area contributed by atoms with Gasteiger partial charge in [0.2, 0.25) is 5.91 Å². The van der Waals surface area contributed by atoms with Crippen LogP contribution in [0.3, 0.4) is 0 Å². The van der Waals surface area contributed by atoms with E-state index in [0.717, 1.165) is 24.8 Å². The first-order valence-corrected chi connectivity index (χ1v) is 10.9. The van der Waals surface area contributed by atoms with Crippen molar-refractivity contribution in [3.05, 3.63) is 35.9 Å². The highest BCUT2D eigenvalue weighted by Gasteiger charge is 2.47. The maximum Gasteiger partial charge on any atom is 0.417 e. The molecule has 0 spiro atoms. The molecule has 6 heteroatoms. The van der Waals surface area contributed by atoms with Crippen LogP contribution < -0.4 is 0 Å². The fourth-order valence-electron chi connectivity index (χ4n) is 3.78. The Hall–Kier alpha value is -2.37. The number of carbonyl (C=O) groups excluding carboxylic acids is 3. The summed E-state index contributed by atoms with van der Waals surface area (Å²) in [6.07, 6.45) is 2.12. The number of nitrogens with zero attached hydrogens (tertiary/aromatic N) is 1. The van der Waals surface area contributed by atoms with Gasteiger partial charge in [0.15, 0.2) is 0 Å². The molecule has 0 aromatic heterocycles. The molecule has 2 rings (SSSR count). The van der Waals surface area contributed by atoms with Gasteiger partial charge in [-0.25, -0.2) is 9.69 Å². The lowest BCUT2D eigenvalue weighted by atomic mass is 9.87. The molecule has 6 nitrogen and oxygen atoms in total. The Kier molecular flexibility index (Phi) is 8.04. The minimum absolute atomic E-state index is 0.361. The third-order valence-corrected chi connectivity index (χ3v) is 5.45. The van der Waals surface area contributed by atoms with Crippen LogP contribution in [-0.2, 0) is 19.1 Å². The Bertz CT molecular complexity index is 740. The van der Waals surface area contributed by atoms with Crippen molar-refractivity contribution in [2.45, 2.75) is 85.0 Å². The predicted molar refractivity (Wildman–Crippen MR) is 115 cm³/mol. The average Bonchev–Trinajstić information content (AvgIpc) is 2.98. The molecular formula is C24H35NO5. The van der Waals surface area contributed by atoms with Crippen LogP contribution in [0.15, 0.2) is 30.3 Å². The van der Waals surface area contributed by atoms with Gasteiger partial charge in [0.25, 0.3) is 0 Å². The smallest absolute Gasteiger partial charge is 0.417 e. The molecule has 1 aliphatic heterocycles. The van der Waals surface area contributed by atoms with Crippen LogP contribution in [0, 0.1) is 11.8 Å². The van der Waals surface area contributed by atoms with E-state index >= 15 is 0 Å². The lowest BCUT2D eigenvalue weighted by molar-refractivity contribution is -0.164. The van der Waals surface area contributed by atoms with Gasteiger partial charge in [-0.3, -0.25) is 9.59 Å². The van der Waals surface area contributed by atoms with Crippen LogP contribution in [0.25, 0.3) is 0 Å². The Morgan fingerprint density at radius 1 is 1.17 bits per heavy atom. The van der Waals surface area contributed by atoms with Crippen molar-refractivity contribution in [2.75, 3.05) is 0 Å². The third-order valence-electron chi connectivity index (χ3n) is 5.45. The first kappa shape index (κ1) is 23.9. The van der Waals surface area contributed by atoms with Crippen molar-refractivity contribution in [3.8, 4) is 0 Å². The highest BCUT2D eigenvalue weighted by Crippen LogP contribution is 2.35. The van der Waals surface area contributed by atoms with E-state index in [-0.39, 0.29) is 5.91 Å². The third kappa shape index (κ3) is 5.83.